The van der Waals surface area contributed by atoms with Gasteiger partial charge in [-0.3, -0.25) is 0 Å². The summed E-state index contributed by atoms with van der Waals surface area (Å²) in [5, 5.41) is 13.8. The van der Waals surface area contributed by atoms with Crippen molar-refractivity contribution >= 4 is 29.6 Å². The maximum atomic E-state index is 6.11. The molecule has 22 heavy (non-hydrogen) atoms. The van der Waals surface area contributed by atoms with Crippen LogP contribution < -0.4 is 0 Å². The molecule has 110 valence electrons. The zero-order chi connectivity index (χ0) is 15.2. The number of rotatable bonds is 5. The van der Waals surface area contributed by atoms with Crippen molar-refractivity contribution in [1.82, 2.24) is 14.9 Å². The van der Waals surface area contributed by atoms with Crippen LogP contribution in [0.15, 0.2) is 71.2 Å². The van der Waals surface area contributed by atoms with Crippen molar-refractivity contribution in [2.24, 2.45) is 5.10 Å². The minimum absolute atomic E-state index is 0.665. The van der Waals surface area contributed by atoms with E-state index >= 15 is 0 Å². The summed E-state index contributed by atoms with van der Waals surface area (Å²) in [6.45, 7) is 0. The van der Waals surface area contributed by atoms with Crippen molar-refractivity contribution in [2.45, 2.75) is 10.9 Å². The van der Waals surface area contributed by atoms with E-state index in [0.29, 0.717) is 5.02 Å². The highest BCUT2D eigenvalue weighted by atomic mass is 35.5. The summed E-state index contributed by atoms with van der Waals surface area (Å²) in [6.07, 6.45) is 3.29. The molecule has 0 amide bonds. The summed E-state index contributed by atoms with van der Waals surface area (Å²) < 4.78 is 1.65. The molecule has 0 fully saturated rings. The first-order valence-corrected chi connectivity index (χ1v) is 8.05. The molecular weight excluding hydrogens is 316 g/mol. The van der Waals surface area contributed by atoms with Crippen LogP contribution >= 0.6 is 23.4 Å². The molecule has 1 aromatic heterocycles. The molecule has 0 radical (unpaired) electrons. The van der Waals surface area contributed by atoms with Crippen LogP contribution in [0.4, 0.5) is 0 Å². The fraction of sp³-hybridized carbons (Fsp3) is 0.0625. The predicted molar refractivity (Wildman–Crippen MR) is 90.5 cm³/mol. The number of benzene rings is 2. The van der Waals surface area contributed by atoms with Gasteiger partial charge in [-0.05, 0) is 11.6 Å². The molecule has 0 atom stereocenters. The molecule has 2 aromatic carbocycles. The largest absolute Gasteiger partial charge is 0.212 e. The van der Waals surface area contributed by atoms with E-state index in [0.717, 1.165) is 16.5 Å². The molecule has 0 N–H and O–H groups in total. The normalized spacial score (nSPS) is 11.1. The second-order valence-electron chi connectivity index (χ2n) is 4.50. The van der Waals surface area contributed by atoms with Gasteiger partial charge in [0.1, 0.15) is 6.33 Å². The summed E-state index contributed by atoms with van der Waals surface area (Å²) in [7, 11) is 0. The van der Waals surface area contributed by atoms with Gasteiger partial charge >= 0.3 is 0 Å². The van der Waals surface area contributed by atoms with Crippen LogP contribution in [0.5, 0.6) is 0 Å². The molecule has 0 unspecified atom stereocenters. The van der Waals surface area contributed by atoms with E-state index in [1.807, 2.05) is 42.5 Å². The van der Waals surface area contributed by atoms with Crippen LogP contribution in [0, 0.1) is 0 Å². The van der Waals surface area contributed by atoms with Crippen LogP contribution in [0.2, 0.25) is 5.02 Å². The summed E-state index contributed by atoms with van der Waals surface area (Å²) in [5.41, 5.74) is 2.09. The van der Waals surface area contributed by atoms with E-state index < -0.39 is 0 Å². The van der Waals surface area contributed by atoms with Crippen LogP contribution in [-0.2, 0) is 5.75 Å². The van der Waals surface area contributed by atoms with Gasteiger partial charge < -0.3 is 0 Å². The van der Waals surface area contributed by atoms with Crippen LogP contribution in [0.1, 0.15) is 11.1 Å². The molecule has 0 saturated carbocycles. The Morgan fingerprint density at radius 1 is 1.09 bits per heavy atom. The summed E-state index contributed by atoms with van der Waals surface area (Å²) in [4.78, 5) is 0. The fourth-order valence-electron chi connectivity index (χ4n) is 1.82. The van der Waals surface area contributed by atoms with Gasteiger partial charge in [0.15, 0.2) is 0 Å². The summed E-state index contributed by atoms with van der Waals surface area (Å²) in [5.74, 6) is 0.821. The van der Waals surface area contributed by atoms with Crippen molar-refractivity contribution in [3.05, 3.63) is 77.1 Å². The highest BCUT2D eigenvalue weighted by molar-refractivity contribution is 7.98. The van der Waals surface area contributed by atoms with Crippen molar-refractivity contribution in [3.8, 4) is 0 Å². The monoisotopic (exact) mass is 328 g/mol. The van der Waals surface area contributed by atoms with E-state index in [1.165, 1.54) is 5.56 Å². The van der Waals surface area contributed by atoms with Gasteiger partial charge in [0.05, 0.1) is 6.21 Å². The average molecular weight is 329 g/mol. The van der Waals surface area contributed by atoms with Crippen LogP contribution in [0.3, 0.4) is 0 Å². The van der Waals surface area contributed by atoms with Gasteiger partial charge in [0, 0.05) is 16.3 Å². The fourth-order valence-corrected chi connectivity index (χ4v) is 2.82. The Bertz CT molecular complexity index is 771. The molecule has 0 aliphatic rings. The van der Waals surface area contributed by atoms with E-state index in [4.69, 9.17) is 11.6 Å². The summed E-state index contributed by atoms with van der Waals surface area (Å²) in [6, 6.07) is 17.8. The third kappa shape index (κ3) is 3.75. The zero-order valence-electron chi connectivity index (χ0n) is 11.6. The SMILES string of the molecule is Clc1ccccc1/C=N\n1cnnc1SCc1ccccc1. The Morgan fingerprint density at radius 3 is 2.68 bits per heavy atom. The maximum absolute atomic E-state index is 6.11. The highest BCUT2D eigenvalue weighted by Crippen LogP contribution is 2.20. The third-order valence-corrected chi connectivity index (χ3v) is 4.29. The lowest BCUT2D eigenvalue weighted by Crippen LogP contribution is -1.93. The molecule has 1 heterocycles. The minimum Gasteiger partial charge on any atom is -0.195 e. The standard InChI is InChI=1S/C16H13ClN4S/c17-15-9-5-4-8-14(15)10-19-21-12-18-20-16(21)22-11-13-6-2-1-3-7-13/h1-10,12H,11H2/b19-10-. The summed E-state index contributed by atoms with van der Waals surface area (Å²) >= 11 is 7.70. The number of hydrogen-bond acceptors (Lipinski definition) is 4. The first kappa shape index (κ1) is 14.8. The van der Waals surface area contributed by atoms with Crippen molar-refractivity contribution < 1.29 is 0 Å². The van der Waals surface area contributed by atoms with Crippen LogP contribution in [0.25, 0.3) is 0 Å². The maximum Gasteiger partial charge on any atom is 0.212 e. The molecule has 0 bridgehead atoms. The number of aromatic nitrogens is 3. The van der Waals surface area contributed by atoms with Crippen molar-refractivity contribution in [3.63, 3.8) is 0 Å². The molecule has 0 aliphatic carbocycles. The Labute approximate surface area is 137 Å². The van der Waals surface area contributed by atoms with Crippen LogP contribution in [-0.4, -0.2) is 21.1 Å². The lowest BCUT2D eigenvalue weighted by molar-refractivity contribution is 0.767. The zero-order valence-corrected chi connectivity index (χ0v) is 13.2. The lowest BCUT2D eigenvalue weighted by Gasteiger charge is -2.01. The lowest BCUT2D eigenvalue weighted by atomic mass is 10.2. The number of nitrogens with zero attached hydrogens (tertiary/aromatic N) is 4. The molecule has 3 aromatic rings. The van der Waals surface area contributed by atoms with Crippen molar-refractivity contribution in [1.29, 1.82) is 0 Å². The first-order valence-electron chi connectivity index (χ1n) is 6.68. The number of thioether (sulfide) groups is 1. The molecule has 0 saturated heterocycles. The van der Waals surface area contributed by atoms with Gasteiger partial charge in [-0.15, -0.1) is 10.2 Å². The van der Waals surface area contributed by atoms with E-state index in [9.17, 15) is 0 Å². The Hall–Kier alpha value is -2.11. The molecule has 0 aliphatic heterocycles. The van der Waals surface area contributed by atoms with Gasteiger partial charge in [0.25, 0.3) is 0 Å². The number of hydrogen-bond donors (Lipinski definition) is 0. The second-order valence-corrected chi connectivity index (χ2v) is 5.85. The van der Waals surface area contributed by atoms with Gasteiger partial charge in [0.2, 0.25) is 5.16 Å². The molecule has 4 nitrogen and oxygen atoms in total. The smallest absolute Gasteiger partial charge is 0.195 e. The minimum atomic E-state index is 0.665. The molecular formula is C16H13ClN4S. The van der Waals surface area contributed by atoms with E-state index in [-0.39, 0.29) is 0 Å². The molecule has 0 spiro atoms. The molecule has 3 rings (SSSR count). The quantitative estimate of drug-likeness (QED) is 0.523. The Balaban J connectivity index is 1.71. The van der Waals surface area contributed by atoms with Gasteiger partial charge in [-0.25, -0.2) is 0 Å². The van der Waals surface area contributed by atoms with E-state index in [1.54, 1.807) is 29.0 Å². The van der Waals surface area contributed by atoms with Gasteiger partial charge in [-0.2, -0.15) is 9.78 Å². The molecule has 6 heteroatoms. The van der Waals surface area contributed by atoms with Gasteiger partial charge in [-0.1, -0.05) is 71.9 Å². The Kier molecular flexibility index (Phi) is 4.88. The Morgan fingerprint density at radius 2 is 1.86 bits per heavy atom. The second kappa shape index (κ2) is 7.24. The van der Waals surface area contributed by atoms with E-state index in [2.05, 4.69) is 27.4 Å². The van der Waals surface area contributed by atoms with Crippen molar-refractivity contribution in [2.75, 3.05) is 0 Å². The average Bonchev–Trinajstić information content (AvgIpc) is 3.01. The number of halogens is 1. The first-order chi connectivity index (χ1) is 10.8. The highest BCUT2D eigenvalue weighted by Gasteiger charge is 2.04. The third-order valence-electron chi connectivity index (χ3n) is 2.94. The topological polar surface area (TPSA) is 43.1 Å². The predicted octanol–water partition coefficient (Wildman–Crippen LogP) is 4.11.